The van der Waals surface area contributed by atoms with Crippen molar-refractivity contribution < 1.29 is 84.3 Å². The van der Waals surface area contributed by atoms with E-state index in [-0.39, 0.29) is 23.7 Å². The molecular weight excluding hydrogens is 812 g/mol. The highest BCUT2D eigenvalue weighted by Crippen LogP contribution is 2.76. The van der Waals surface area contributed by atoms with E-state index in [1.165, 1.54) is 0 Å². The Morgan fingerprint density at radius 3 is 2.03 bits per heavy atom. The molecule has 0 bridgehead atoms. The maximum atomic E-state index is 12.6. The van der Waals surface area contributed by atoms with Crippen LogP contribution in [-0.2, 0) is 33.3 Å². The van der Waals surface area contributed by atoms with Gasteiger partial charge in [-0.25, -0.2) is 0 Å². The highest BCUT2D eigenvalue weighted by atomic mass is 16.7. The van der Waals surface area contributed by atoms with Gasteiger partial charge in [-0.3, -0.25) is 9.59 Å². The highest BCUT2D eigenvalue weighted by Gasteiger charge is 2.74. The van der Waals surface area contributed by atoms with E-state index in [0.29, 0.717) is 51.4 Å². The summed E-state index contributed by atoms with van der Waals surface area (Å²) in [6, 6.07) is 0. The van der Waals surface area contributed by atoms with Gasteiger partial charge in [0.2, 0.25) is 0 Å². The first kappa shape index (κ1) is 49.6. The molecule has 21 atom stereocenters. The topological polar surface area (TPSA) is 283 Å². The molecule has 62 heavy (non-hydrogen) atoms. The number of aliphatic hydroxyl groups is 9. The molecule has 0 unspecified atom stereocenters. The van der Waals surface area contributed by atoms with E-state index in [1.807, 2.05) is 34.6 Å². The number of carbonyl (C=O) groups is 2. The minimum atomic E-state index is -1.77. The van der Waals surface area contributed by atoms with Crippen molar-refractivity contribution in [3.63, 3.8) is 0 Å². The van der Waals surface area contributed by atoms with E-state index < -0.39 is 139 Å². The number of carbonyl (C=O) groups excluding carboxylic acids is 1. The largest absolute Gasteiger partial charge is 0.481 e. The van der Waals surface area contributed by atoms with Crippen LogP contribution in [0.1, 0.15) is 113 Å². The molecule has 17 heteroatoms. The van der Waals surface area contributed by atoms with Gasteiger partial charge in [0.05, 0.1) is 30.5 Å². The van der Waals surface area contributed by atoms with E-state index in [9.17, 15) is 55.5 Å². The molecule has 0 aromatic carbocycles. The Balaban J connectivity index is 1.36. The molecule has 17 nitrogen and oxygen atoms in total. The summed E-state index contributed by atoms with van der Waals surface area (Å²) in [6.45, 7) is 15.3. The molecule has 2 saturated heterocycles. The van der Waals surface area contributed by atoms with Crippen molar-refractivity contribution in [2.24, 2.45) is 45.3 Å². The zero-order valence-electron chi connectivity index (χ0n) is 37.5. The number of rotatable bonds is 13. The molecule has 6 rings (SSSR count). The molecule has 0 aromatic heterocycles. The Morgan fingerprint density at radius 2 is 1.42 bits per heavy atom. The van der Waals surface area contributed by atoms with E-state index in [2.05, 4.69) is 26.8 Å². The van der Waals surface area contributed by atoms with E-state index in [4.69, 9.17) is 28.8 Å². The summed E-state index contributed by atoms with van der Waals surface area (Å²) in [5, 5.41) is 109. The Hall–Kier alpha value is -1.84. The van der Waals surface area contributed by atoms with Crippen molar-refractivity contribution in [3.05, 3.63) is 11.6 Å². The van der Waals surface area contributed by atoms with Gasteiger partial charge in [-0.2, -0.15) is 0 Å². The first-order valence-electron chi connectivity index (χ1n) is 22.5. The minimum absolute atomic E-state index is 0.0732. The van der Waals surface area contributed by atoms with Gasteiger partial charge in [-0.15, -0.1) is 0 Å². The van der Waals surface area contributed by atoms with Crippen molar-refractivity contribution in [1.29, 1.82) is 0 Å². The van der Waals surface area contributed by atoms with Gasteiger partial charge >= 0.3 is 11.9 Å². The third-order valence-corrected chi connectivity index (χ3v) is 17.1. The predicted molar refractivity (Wildman–Crippen MR) is 218 cm³/mol. The zero-order chi connectivity index (χ0) is 46.1. The van der Waals surface area contributed by atoms with Crippen molar-refractivity contribution in [2.75, 3.05) is 13.2 Å². The molecule has 6 fully saturated rings. The summed E-state index contributed by atoms with van der Waals surface area (Å²) >= 11 is 0. The number of allylic oxidation sites excluding steroid dienone is 2. The molecule has 4 aliphatic carbocycles. The van der Waals surface area contributed by atoms with E-state index >= 15 is 0 Å². The smallest absolute Gasteiger partial charge is 0.317 e. The van der Waals surface area contributed by atoms with Crippen molar-refractivity contribution in [3.8, 4) is 0 Å². The van der Waals surface area contributed by atoms with Gasteiger partial charge in [0.15, 0.2) is 12.6 Å². The Morgan fingerprint density at radius 1 is 0.806 bits per heavy atom. The first-order valence-corrected chi connectivity index (χ1v) is 22.5. The average Bonchev–Trinajstić information content (AvgIpc) is 3.57. The van der Waals surface area contributed by atoms with Gasteiger partial charge in [-0.1, -0.05) is 46.3 Å². The molecule has 0 amide bonds. The molecule has 356 valence electrons. The SMILES string of the molecule is CC(C)=CCC[C@](C)(O[C@@H]1O[C@H](CO)[C@@H](O)[C@H](O)[C@H]1O)[C@H]1CC[C@]2(C)[C@@H]1[C@H](O)C[C@@H]1[C@@]3(C)CC[C@H](O)C(C)(C)[C@@H]3[C@@H](O[C@@H]3O[C@H](COC(=O)CC(=O)O)[C@@H](O)[C@H](O)[C@H]3O)C[C@]12C. The summed E-state index contributed by atoms with van der Waals surface area (Å²) in [6.07, 6.45) is -12.2. The lowest BCUT2D eigenvalue weighted by Gasteiger charge is -2.72. The number of ether oxygens (including phenoxy) is 5. The van der Waals surface area contributed by atoms with E-state index in [1.54, 1.807) is 0 Å². The number of aliphatic hydroxyl groups excluding tert-OH is 9. The number of carboxylic acid groups (broad SMARTS) is 1. The number of carboxylic acids is 1. The predicted octanol–water partition coefficient (Wildman–Crippen LogP) is 1.15. The summed E-state index contributed by atoms with van der Waals surface area (Å²) in [4.78, 5) is 23.2. The Bertz CT molecular complexity index is 1640. The van der Waals surface area contributed by atoms with Crippen LogP contribution in [0, 0.1) is 45.3 Å². The lowest BCUT2D eigenvalue weighted by Crippen LogP contribution is -2.71. The number of hydrogen-bond donors (Lipinski definition) is 10. The van der Waals surface area contributed by atoms with Crippen LogP contribution in [0.3, 0.4) is 0 Å². The normalized spacial score (nSPS) is 48.5. The van der Waals surface area contributed by atoms with Crippen LogP contribution in [0.2, 0.25) is 0 Å². The molecule has 0 spiro atoms. The maximum absolute atomic E-state index is 12.6. The van der Waals surface area contributed by atoms with Crippen LogP contribution in [0.5, 0.6) is 0 Å². The molecule has 2 aliphatic heterocycles. The number of aliphatic carboxylic acids is 1. The second-order valence-corrected chi connectivity index (χ2v) is 21.3. The lowest BCUT2D eigenvalue weighted by molar-refractivity contribution is -0.350. The van der Waals surface area contributed by atoms with Crippen LogP contribution in [-0.4, -0.2) is 162 Å². The number of hydrogen-bond acceptors (Lipinski definition) is 16. The average molecular weight is 887 g/mol. The fourth-order valence-corrected chi connectivity index (χ4v) is 13.8. The maximum Gasteiger partial charge on any atom is 0.317 e. The Labute approximate surface area is 364 Å². The highest BCUT2D eigenvalue weighted by molar-refractivity contribution is 5.90. The summed E-state index contributed by atoms with van der Waals surface area (Å²) in [5.74, 6) is -3.55. The van der Waals surface area contributed by atoms with Crippen LogP contribution in [0.25, 0.3) is 0 Å². The second-order valence-electron chi connectivity index (χ2n) is 21.3. The summed E-state index contributed by atoms with van der Waals surface area (Å²) in [7, 11) is 0. The molecule has 0 aromatic rings. The Kier molecular flexibility index (Phi) is 14.5. The summed E-state index contributed by atoms with van der Waals surface area (Å²) < 4.78 is 30.7. The van der Waals surface area contributed by atoms with Crippen molar-refractivity contribution in [2.45, 2.75) is 199 Å². The van der Waals surface area contributed by atoms with Gasteiger partial charge < -0.3 is 74.7 Å². The lowest BCUT2D eigenvalue weighted by atomic mass is 9.34. The van der Waals surface area contributed by atoms with Gasteiger partial charge in [0, 0.05) is 0 Å². The summed E-state index contributed by atoms with van der Waals surface area (Å²) in [5.41, 5.74) is -2.34. The van der Waals surface area contributed by atoms with Gasteiger partial charge in [0.25, 0.3) is 0 Å². The van der Waals surface area contributed by atoms with Crippen LogP contribution < -0.4 is 0 Å². The molecule has 10 N–H and O–H groups in total. The van der Waals surface area contributed by atoms with Gasteiger partial charge in [-0.05, 0) is 117 Å². The minimum Gasteiger partial charge on any atom is -0.481 e. The fourth-order valence-electron chi connectivity index (χ4n) is 13.8. The molecule has 4 saturated carbocycles. The quantitative estimate of drug-likeness (QED) is 0.0537. The third-order valence-electron chi connectivity index (χ3n) is 17.1. The van der Waals surface area contributed by atoms with E-state index in [0.717, 1.165) is 5.57 Å². The standard InChI is InChI=1S/C45H74O17/c1-21(2)10-9-13-45(8,62-40-37(57)34(54)32(52)25(19-46)60-40)22-11-15-43(6)31(22)23(47)16-27-42(5)14-12-28(48)41(3,4)38(42)24(18-44(27,43)7)59-39-36(56)35(55)33(53)26(61-39)20-58-30(51)17-29(49)50/h10,22-28,31-40,46-48,52-57H,9,11-20H2,1-8H3,(H,49,50)/t22-,23+,24-,25+,26+,27+,28-,31-,32+,33+,34-,35-,36+,37+,38-,39+,40-,42+,43+,44+,45-/m0/s1. The van der Waals surface area contributed by atoms with Crippen LogP contribution in [0.4, 0.5) is 0 Å². The molecule has 2 heterocycles. The first-order chi connectivity index (χ1) is 28.8. The molecular formula is C45H74O17. The zero-order valence-corrected chi connectivity index (χ0v) is 37.5. The fraction of sp³-hybridized carbons (Fsp3) is 0.911. The number of esters is 1. The van der Waals surface area contributed by atoms with Gasteiger partial charge in [0.1, 0.15) is 61.9 Å². The monoisotopic (exact) mass is 886 g/mol. The van der Waals surface area contributed by atoms with Crippen LogP contribution in [0.15, 0.2) is 11.6 Å². The molecule has 0 radical (unpaired) electrons. The van der Waals surface area contributed by atoms with Crippen molar-refractivity contribution >= 4 is 11.9 Å². The molecule has 6 aliphatic rings. The third kappa shape index (κ3) is 8.54. The van der Waals surface area contributed by atoms with Crippen molar-refractivity contribution in [1.82, 2.24) is 0 Å². The number of fused-ring (bicyclic) bond motifs is 5. The second kappa shape index (κ2) is 18.1. The van der Waals surface area contributed by atoms with Crippen LogP contribution >= 0.6 is 0 Å².